The van der Waals surface area contributed by atoms with E-state index in [1.54, 1.807) is 9.58 Å². The van der Waals surface area contributed by atoms with Crippen molar-refractivity contribution in [1.82, 2.24) is 29.8 Å². The lowest BCUT2D eigenvalue weighted by atomic mass is 10.1. The number of aromatic nitrogens is 5. The average Bonchev–Trinajstić information content (AvgIpc) is 3.14. The van der Waals surface area contributed by atoms with Gasteiger partial charge in [-0.2, -0.15) is 10.1 Å². The zero-order chi connectivity index (χ0) is 17.6. The predicted octanol–water partition coefficient (Wildman–Crippen LogP) is 2.15. The van der Waals surface area contributed by atoms with Crippen molar-refractivity contribution in [3.05, 3.63) is 23.3 Å². The first-order valence-electron chi connectivity index (χ1n) is 8.44. The molecule has 1 aliphatic rings. The van der Waals surface area contributed by atoms with Gasteiger partial charge in [-0.1, -0.05) is 5.16 Å². The Morgan fingerprint density at radius 2 is 2.08 bits per heavy atom. The highest BCUT2D eigenvalue weighted by atomic mass is 16.5. The lowest BCUT2D eigenvalue weighted by molar-refractivity contribution is -0.134. The van der Waals surface area contributed by atoms with Crippen molar-refractivity contribution in [2.45, 2.75) is 39.7 Å². The summed E-state index contributed by atoms with van der Waals surface area (Å²) in [6.45, 7) is 5.01. The summed E-state index contributed by atoms with van der Waals surface area (Å²) in [6, 6.07) is 1.93. The van der Waals surface area contributed by atoms with Crippen molar-refractivity contribution in [3.8, 4) is 11.5 Å². The van der Waals surface area contributed by atoms with Crippen LogP contribution in [0.1, 0.15) is 36.5 Å². The molecule has 0 spiro atoms. The molecule has 8 nitrogen and oxygen atoms in total. The molecule has 4 heterocycles. The fraction of sp³-hybridized carbons (Fsp3) is 0.471. The minimum Gasteiger partial charge on any atom is -0.335 e. The molecule has 1 fully saturated rings. The number of nitrogens with zero attached hydrogens (tertiary/aromatic N) is 6. The average molecular weight is 340 g/mol. The highest BCUT2D eigenvalue weighted by molar-refractivity contribution is 5.92. The van der Waals surface area contributed by atoms with Gasteiger partial charge in [0.25, 0.3) is 5.89 Å². The number of hydrogen-bond acceptors (Lipinski definition) is 6. The molecule has 1 aliphatic heterocycles. The van der Waals surface area contributed by atoms with Crippen molar-refractivity contribution in [1.29, 1.82) is 0 Å². The van der Waals surface area contributed by atoms with Crippen molar-refractivity contribution in [3.63, 3.8) is 0 Å². The van der Waals surface area contributed by atoms with Crippen molar-refractivity contribution >= 4 is 16.9 Å². The van der Waals surface area contributed by atoms with Gasteiger partial charge in [-0.3, -0.25) is 9.48 Å². The topological polar surface area (TPSA) is 89.9 Å². The monoisotopic (exact) mass is 340 g/mol. The maximum Gasteiger partial charge on any atom is 0.258 e. The van der Waals surface area contributed by atoms with E-state index in [9.17, 15) is 4.79 Å². The molecular weight excluding hydrogens is 320 g/mol. The van der Waals surface area contributed by atoms with E-state index in [2.05, 4.69) is 20.2 Å². The lowest BCUT2D eigenvalue weighted by Gasteiger charge is -2.25. The van der Waals surface area contributed by atoms with Crippen LogP contribution in [0.3, 0.4) is 0 Å². The van der Waals surface area contributed by atoms with Gasteiger partial charge in [-0.25, -0.2) is 4.98 Å². The second-order valence-electron chi connectivity index (χ2n) is 6.51. The molecule has 1 saturated heterocycles. The number of amides is 1. The third-order valence-electron chi connectivity index (χ3n) is 4.55. The molecule has 0 aromatic carbocycles. The molecule has 0 atom stereocenters. The molecule has 0 saturated carbocycles. The first-order chi connectivity index (χ1) is 12.0. The minimum atomic E-state index is 0.155. The van der Waals surface area contributed by atoms with Gasteiger partial charge < -0.3 is 9.42 Å². The van der Waals surface area contributed by atoms with Gasteiger partial charge in [0.05, 0.1) is 23.2 Å². The summed E-state index contributed by atoms with van der Waals surface area (Å²) < 4.78 is 7.25. The van der Waals surface area contributed by atoms with Gasteiger partial charge in [0.2, 0.25) is 5.91 Å². The number of piperidine rings is 1. The molecule has 4 rings (SSSR count). The fourth-order valence-corrected chi connectivity index (χ4v) is 3.37. The number of likely N-dealkylation sites (tertiary alicyclic amines) is 1. The Labute approximate surface area is 144 Å². The van der Waals surface area contributed by atoms with Crippen molar-refractivity contribution in [2.75, 3.05) is 6.54 Å². The third-order valence-corrected chi connectivity index (χ3v) is 4.55. The Morgan fingerprint density at radius 1 is 1.24 bits per heavy atom. The molecule has 25 heavy (non-hydrogen) atoms. The lowest BCUT2D eigenvalue weighted by Crippen LogP contribution is -2.34. The zero-order valence-electron chi connectivity index (χ0n) is 14.6. The number of rotatable bonds is 3. The molecule has 1 amide bonds. The Kier molecular flexibility index (Phi) is 3.74. The van der Waals surface area contributed by atoms with Crippen molar-refractivity contribution < 1.29 is 9.32 Å². The van der Waals surface area contributed by atoms with Crippen LogP contribution >= 0.6 is 0 Å². The molecule has 3 aromatic heterocycles. The molecule has 8 heteroatoms. The molecule has 0 bridgehead atoms. The Bertz CT molecular complexity index is 958. The van der Waals surface area contributed by atoms with E-state index in [0.717, 1.165) is 47.4 Å². The SMILES string of the molecule is Cc1cc(-c2nc(CN3CCCCC3=O)no2)c2c(C)nn(C)c2n1. The number of carbonyl (C=O) groups excluding carboxylic acids is 1. The molecule has 0 N–H and O–H groups in total. The van der Waals surface area contributed by atoms with Crippen LogP contribution in [-0.2, 0) is 18.4 Å². The number of carbonyl (C=O) groups is 1. The van der Waals surface area contributed by atoms with Crippen LogP contribution in [0.4, 0.5) is 0 Å². The second kappa shape index (κ2) is 5.94. The fourth-order valence-electron chi connectivity index (χ4n) is 3.37. The van der Waals surface area contributed by atoms with Gasteiger partial charge in [0, 0.05) is 25.7 Å². The van der Waals surface area contributed by atoms with Crippen LogP contribution in [-0.4, -0.2) is 42.3 Å². The summed E-state index contributed by atoms with van der Waals surface area (Å²) in [7, 11) is 1.87. The first-order valence-corrected chi connectivity index (χ1v) is 8.44. The smallest absolute Gasteiger partial charge is 0.258 e. The number of pyridine rings is 1. The van der Waals surface area contributed by atoms with Gasteiger partial charge in [-0.05, 0) is 32.8 Å². The third kappa shape index (κ3) is 2.77. The van der Waals surface area contributed by atoms with Gasteiger partial charge in [-0.15, -0.1) is 0 Å². The number of hydrogen-bond donors (Lipinski definition) is 0. The Balaban J connectivity index is 1.70. The van der Waals surface area contributed by atoms with Gasteiger partial charge in [0.1, 0.15) is 0 Å². The van der Waals surface area contributed by atoms with E-state index in [-0.39, 0.29) is 5.91 Å². The van der Waals surface area contributed by atoms with E-state index >= 15 is 0 Å². The summed E-state index contributed by atoms with van der Waals surface area (Å²) in [5.41, 5.74) is 3.35. The maximum atomic E-state index is 12.0. The zero-order valence-corrected chi connectivity index (χ0v) is 14.6. The predicted molar refractivity (Wildman–Crippen MR) is 90.5 cm³/mol. The molecule has 0 aliphatic carbocycles. The molecular formula is C17H20N6O2. The number of aryl methyl sites for hydroxylation is 3. The molecule has 0 unspecified atom stereocenters. The first kappa shape index (κ1) is 15.7. The van der Waals surface area contributed by atoms with Crippen LogP contribution in [0.5, 0.6) is 0 Å². The summed E-state index contributed by atoms with van der Waals surface area (Å²) in [6.07, 6.45) is 2.58. The van der Waals surface area contributed by atoms with E-state index in [1.165, 1.54) is 0 Å². The highest BCUT2D eigenvalue weighted by Crippen LogP contribution is 2.29. The van der Waals surface area contributed by atoms with Crippen molar-refractivity contribution in [2.24, 2.45) is 7.05 Å². The van der Waals surface area contributed by atoms with Gasteiger partial charge in [0.15, 0.2) is 11.5 Å². The van der Waals surface area contributed by atoms with E-state index in [0.29, 0.717) is 24.7 Å². The second-order valence-corrected chi connectivity index (χ2v) is 6.51. The maximum absolute atomic E-state index is 12.0. The largest absolute Gasteiger partial charge is 0.335 e. The van der Waals surface area contributed by atoms with Crippen LogP contribution in [0, 0.1) is 13.8 Å². The molecule has 130 valence electrons. The van der Waals surface area contributed by atoms with Crippen LogP contribution in [0.2, 0.25) is 0 Å². The van der Waals surface area contributed by atoms with Gasteiger partial charge >= 0.3 is 0 Å². The normalized spacial score (nSPS) is 15.3. The quantitative estimate of drug-likeness (QED) is 0.726. The molecule has 3 aromatic rings. The summed E-state index contributed by atoms with van der Waals surface area (Å²) >= 11 is 0. The Hall–Kier alpha value is -2.77. The van der Waals surface area contributed by atoms with E-state index < -0.39 is 0 Å². The minimum absolute atomic E-state index is 0.155. The number of fused-ring (bicyclic) bond motifs is 1. The highest BCUT2D eigenvalue weighted by Gasteiger charge is 2.22. The standard InChI is InChI=1S/C17H20N6O2/c1-10-8-12(15-11(2)20-22(3)16(15)18-10)17-19-13(21-25-17)9-23-7-5-4-6-14(23)24/h8H,4-7,9H2,1-3H3. The summed E-state index contributed by atoms with van der Waals surface area (Å²) in [5.74, 6) is 1.11. The van der Waals surface area contributed by atoms with Crippen LogP contribution < -0.4 is 0 Å². The Morgan fingerprint density at radius 3 is 2.88 bits per heavy atom. The summed E-state index contributed by atoms with van der Waals surface area (Å²) in [5, 5.41) is 9.42. The van der Waals surface area contributed by atoms with Crippen LogP contribution in [0.15, 0.2) is 10.6 Å². The summed E-state index contributed by atoms with van der Waals surface area (Å²) in [4.78, 5) is 22.8. The molecule has 0 radical (unpaired) electrons. The van der Waals surface area contributed by atoms with Crippen LogP contribution in [0.25, 0.3) is 22.5 Å². The van der Waals surface area contributed by atoms with E-state index in [1.807, 2.05) is 27.0 Å². The van der Waals surface area contributed by atoms with E-state index in [4.69, 9.17) is 4.52 Å².